The molecule has 3 rings (SSSR count). The molecule has 3 aromatic rings. The van der Waals surface area contributed by atoms with Crippen molar-refractivity contribution in [2.45, 2.75) is 25.9 Å². The predicted molar refractivity (Wildman–Crippen MR) is 138 cm³/mol. The molecule has 0 aliphatic carbocycles. The molecule has 0 aliphatic rings. The van der Waals surface area contributed by atoms with Crippen LogP contribution in [0.15, 0.2) is 72.8 Å². The Hall–Kier alpha value is -3.22. The third kappa shape index (κ3) is 7.38. The molecule has 0 fully saturated rings. The lowest BCUT2D eigenvalue weighted by Gasteiger charge is -2.31. The van der Waals surface area contributed by atoms with Crippen molar-refractivity contribution in [3.05, 3.63) is 94.0 Å². The summed E-state index contributed by atoms with van der Waals surface area (Å²) in [5.74, 6) is 0.323. The van der Waals surface area contributed by atoms with Gasteiger partial charge in [0.1, 0.15) is 6.04 Å². The molecule has 1 atom stereocenters. The molecule has 0 heterocycles. The lowest BCUT2D eigenvalue weighted by Crippen LogP contribution is -2.51. The summed E-state index contributed by atoms with van der Waals surface area (Å²) in [6, 6.07) is 20.9. The highest BCUT2D eigenvalue weighted by Gasteiger charge is 2.31. The fourth-order valence-electron chi connectivity index (χ4n) is 3.64. The van der Waals surface area contributed by atoms with Gasteiger partial charge >= 0.3 is 0 Å². The first kappa shape index (κ1) is 26.4. The Morgan fingerprint density at radius 2 is 1.66 bits per heavy atom. The summed E-state index contributed by atoms with van der Waals surface area (Å²) in [4.78, 5) is 28.2. The molecule has 0 bridgehead atoms. The number of nitrogens with zero attached hydrogens (tertiary/aromatic N) is 1. The fourth-order valence-corrected chi connectivity index (χ4v) is 4.11. The van der Waals surface area contributed by atoms with E-state index in [1.54, 1.807) is 36.4 Å². The van der Waals surface area contributed by atoms with Crippen LogP contribution in [0.25, 0.3) is 0 Å². The van der Waals surface area contributed by atoms with Crippen LogP contribution >= 0.6 is 23.2 Å². The maximum absolute atomic E-state index is 13.6. The number of ether oxygens (including phenoxy) is 2. The minimum absolute atomic E-state index is 0.110. The molecule has 0 aliphatic heterocycles. The van der Waals surface area contributed by atoms with Gasteiger partial charge < -0.3 is 19.7 Å². The number of rotatable bonds is 11. The average Bonchev–Trinajstić information content (AvgIpc) is 2.86. The number of hydrogen-bond acceptors (Lipinski definition) is 4. The number of para-hydroxylation sites is 2. The highest BCUT2D eigenvalue weighted by atomic mass is 35.5. The zero-order chi connectivity index (χ0) is 25.2. The molecule has 0 saturated carbocycles. The standard InChI is InChI=1S/C27H28Cl2N2O4/c1-3-30-27(33)23(15-19-9-5-4-6-10-19)31(17-20-13-14-21(28)16-22(20)29)26(32)18-35-25-12-8-7-11-24(25)34-2/h4-14,16,23H,3,15,17-18H2,1-2H3,(H,30,33)/t23-/m0/s1. The van der Waals surface area contributed by atoms with Crippen molar-refractivity contribution in [3.8, 4) is 11.5 Å². The fraction of sp³-hybridized carbons (Fsp3) is 0.259. The molecule has 0 radical (unpaired) electrons. The first-order valence-electron chi connectivity index (χ1n) is 11.2. The zero-order valence-electron chi connectivity index (χ0n) is 19.7. The average molecular weight is 515 g/mol. The van der Waals surface area contributed by atoms with Crippen LogP contribution in [0.1, 0.15) is 18.1 Å². The van der Waals surface area contributed by atoms with Gasteiger partial charge in [0.25, 0.3) is 5.91 Å². The van der Waals surface area contributed by atoms with Crippen molar-refractivity contribution in [2.24, 2.45) is 0 Å². The molecule has 6 nitrogen and oxygen atoms in total. The Labute approximate surface area is 215 Å². The number of halogens is 2. The number of hydrogen-bond donors (Lipinski definition) is 1. The van der Waals surface area contributed by atoms with E-state index in [4.69, 9.17) is 32.7 Å². The van der Waals surface area contributed by atoms with Crippen molar-refractivity contribution >= 4 is 35.0 Å². The van der Waals surface area contributed by atoms with Crippen LogP contribution in [0.5, 0.6) is 11.5 Å². The second kappa shape index (κ2) is 13.0. The van der Waals surface area contributed by atoms with Crippen LogP contribution in [0, 0.1) is 0 Å². The molecule has 0 saturated heterocycles. The Morgan fingerprint density at radius 1 is 0.971 bits per heavy atom. The SMILES string of the molecule is CCNC(=O)[C@H](Cc1ccccc1)N(Cc1ccc(Cl)cc1Cl)C(=O)COc1ccccc1OC. The summed E-state index contributed by atoms with van der Waals surface area (Å²) in [6.07, 6.45) is 0.332. The Balaban J connectivity index is 1.93. The number of amides is 2. The maximum Gasteiger partial charge on any atom is 0.261 e. The molecule has 8 heteroatoms. The second-order valence-corrected chi connectivity index (χ2v) is 8.64. The molecule has 0 unspecified atom stereocenters. The maximum atomic E-state index is 13.6. The van der Waals surface area contributed by atoms with Gasteiger partial charge in [-0.3, -0.25) is 9.59 Å². The van der Waals surface area contributed by atoms with Crippen LogP contribution in [0.3, 0.4) is 0 Å². The summed E-state index contributed by atoms with van der Waals surface area (Å²) in [5.41, 5.74) is 1.60. The van der Waals surface area contributed by atoms with Crippen molar-refractivity contribution in [3.63, 3.8) is 0 Å². The van der Waals surface area contributed by atoms with Crippen molar-refractivity contribution in [1.82, 2.24) is 10.2 Å². The number of methoxy groups -OCH3 is 1. The number of carbonyl (C=O) groups excluding carboxylic acids is 2. The van der Waals surface area contributed by atoms with Gasteiger partial charge in [0.15, 0.2) is 18.1 Å². The van der Waals surface area contributed by atoms with E-state index in [0.29, 0.717) is 40.1 Å². The second-order valence-electron chi connectivity index (χ2n) is 7.80. The van der Waals surface area contributed by atoms with Crippen LogP contribution in [0.2, 0.25) is 10.0 Å². The van der Waals surface area contributed by atoms with Gasteiger partial charge in [0.05, 0.1) is 7.11 Å². The molecule has 2 amide bonds. The Kier molecular flexibility index (Phi) is 9.82. The van der Waals surface area contributed by atoms with E-state index in [1.807, 2.05) is 43.3 Å². The molecule has 184 valence electrons. The third-order valence-corrected chi connectivity index (χ3v) is 5.99. The summed E-state index contributed by atoms with van der Waals surface area (Å²) < 4.78 is 11.1. The van der Waals surface area contributed by atoms with E-state index in [0.717, 1.165) is 5.56 Å². The molecule has 3 aromatic carbocycles. The predicted octanol–water partition coefficient (Wildman–Crippen LogP) is 5.16. The van der Waals surface area contributed by atoms with E-state index in [2.05, 4.69) is 5.32 Å². The van der Waals surface area contributed by atoms with E-state index < -0.39 is 6.04 Å². The van der Waals surface area contributed by atoms with Crippen LogP contribution in [0.4, 0.5) is 0 Å². The number of benzene rings is 3. The monoisotopic (exact) mass is 514 g/mol. The van der Waals surface area contributed by atoms with Crippen LogP contribution in [-0.4, -0.2) is 43.0 Å². The minimum Gasteiger partial charge on any atom is -0.493 e. The van der Waals surface area contributed by atoms with Gasteiger partial charge in [-0.1, -0.05) is 71.7 Å². The number of nitrogens with one attached hydrogen (secondary N) is 1. The highest BCUT2D eigenvalue weighted by molar-refractivity contribution is 6.35. The van der Waals surface area contributed by atoms with Gasteiger partial charge in [-0.15, -0.1) is 0 Å². The summed E-state index contributed by atoms with van der Waals surface area (Å²) in [5, 5.41) is 3.75. The van der Waals surface area contributed by atoms with Gasteiger partial charge in [0, 0.05) is 29.6 Å². The minimum atomic E-state index is -0.780. The highest BCUT2D eigenvalue weighted by Crippen LogP contribution is 2.27. The smallest absolute Gasteiger partial charge is 0.261 e. The van der Waals surface area contributed by atoms with Crippen molar-refractivity contribution in [2.75, 3.05) is 20.3 Å². The topological polar surface area (TPSA) is 67.9 Å². The lowest BCUT2D eigenvalue weighted by atomic mass is 10.0. The van der Waals surface area contributed by atoms with Gasteiger partial charge in [-0.05, 0) is 42.3 Å². The third-order valence-electron chi connectivity index (χ3n) is 5.40. The van der Waals surface area contributed by atoms with Crippen LogP contribution in [-0.2, 0) is 22.6 Å². The largest absolute Gasteiger partial charge is 0.493 e. The van der Waals surface area contributed by atoms with Gasteiger partial charge in [-0.2, -0.15) is 0 Å². The molecule has 0 spiro atoms. The summed E-state index contributed by atoms with van der Waals surface area (Å²) >= 11 is 12.5. The zero-order valence-corrected chi connectivity index (χ0v) is 21.2. The first-order chi connectivity index (χ1) is 16.9. The molecule has 35 heavy (non-hydrogen) atoms. The van der Waals surface area contributed by atoms with E-state index in [1.165, 1.54) is 12.0 Å². The van der Waals surface area contributed by atoms with Crippen molar-refractivity contribution < 1.29 is 19.1 Å². The summed E-state index contributed by atoms with van der Waals surface area (Å²) in [7, 11) is 1.53. The van der Waals surface area contributed by atoms with Gasteiger partial charge in [-0.25, -0.2) is 0 Å². The first-order valence-corrected chi connectivity index (χ1v) is 12.0. The molecular weight excluding hydrogens is 487 g/mol. The quantitative estimate of drug-likeness (QED) is 0.383. The molecule has 0 aromatic heterocycles. The van der Waals surface area contributed by atoms with Crippen LogP contribution < -0.4 is 14.8 Å². The van der Waals surface area contributed by atoms with E-state index >= 15 is 0 Å². The molecular formula is C27H28Cl2N2O4. The Morgan fingerprint density at radius 3 is 2.31 bits per heavy atom. The van der Waals surface area contributed by atoms with E-state index in [-0.39, 0.29) is 25.0 Å². The normalized spacial score (nSPS) is 11.4. The van der Waals surface area contributed by atoms with E-state index in [9.17, 15) is 9.59 Å². The number of carbonyl (C=O) groups is 2. The van der Waals surface area contributed by atoms with Gasteiger partial charge in [0.2, 0.25) is 5.91 Å². The number of likely N-dealkylation sites (N-methyl/N-ethyl adjacent to an activating group) is 1. The summed E-state index contributed by atoms with van der Waals surface area (Å²) in [6.45, 7) is 2.10. The Bertz CT molecular complexity index is 1140. The lowest BCUT2D eigenvalue weighted by molar-refractivity contribution is -0.142. The molecule has 1 N–H and O–H groups in total. The van der Waals surface area contributed by atoms with Crippen molar-refractivity contribution in [1.29, 1.82) is 0 Å².